The van der Waals surface area contributed by atoms with Crippen LogP contribution in [0.4, 0.5) is 0 Å². The molecule has 0 saturated carbocycles. The molecule has 3 heteroatoms. The minimum atomic E-state index is -0.0558. The molecule has 2 bridgehead atoms. The van der Waals surface area contributed by atoms with Crippen LogP contribution in [0.1, 0.15) is 43.2 Å². The lowest BCUT2D eigenvalue weighted by Crippen LogP contribution is -2.49. The first-order valence-electron chi connectivity index (χ1n) is 8.18. The van der Waals surface area contributed by atoms with Gasteiger partial charge < -0.3 is 4.74 Å². The average Bonchev–Trinajstić information content (AvgIpc) is 2.77. The average molecular weight is 299 g/mol. The number of fused-ring (bicyclic) bond motifs is 2. The number of ether oxygens (including phenoxy) is 1. The van der Waals surface area contributed by atoms with Gasteiger partial charge in [-0.2, -0.15) is 0 Å². The predicted molar refractivity (Wildman–Crippen MR) is 88.6 cm³/mol. The monoisotopic (exact) mass is 299 g/mol. The summed E-state index contributed by atoms with van der Waals surface area (Å²) in [5.74, 6) is 0.182. The summed E-state index contributed by atoms with van der Waals surface area (Å²) in [4.78, 5) is 14.8. The molecule has 2 aliphatic rings. The second-order valence-corrected chi connectivity index (χ2v) is 6.52. The van der Waals surface area contributed by atoms with Crippen LogP contribution in [0.2, 0.25) is 0 Å². The minimum Gasteiger partial charge on any atom is -0.469 e. The van der Waals surface area contributed by atoms with Crippen molar-refractivity contribution < 1.29 is 9.53 Å². The molecule has 0 aliphatic carbocycles. The molecule has 0 N–H and O–H groups in total. The number of hydrogen-bond acceptors (Lipinski definition) is 3. The Hall–Kier alpha value is -1.61. The molecule has 0 amide bonds. The molecule has 2 fully saturated rings. The number of benzene rings is 1. The van der Waals surface area contributed by atoms with Gasteiger partial charge in [0.25, 0.3) is 0 Å². The lowest BCUT2D eigenvalue weighted by molar-refractivity contribution is -0.150. The fraction of sp³-hybridized carbons (Fsp3) is 0.526. The van der Waals surface area contributed by atoms with Gasteiger partial charge in [0.2, 0.25) is 0 Å². The molecular weight excluding hydrogens is 274 g/mol. The van der Waals surface area contributed by atoms with E-state index in [9.17, 15) is 4.79 Å². The number of carbonyl (C=O) groups is 1. The normalized spacial score (nSPS) is 31.6. The van der Waals surface area contributed by atoms with E-state index in [1.807, 2.05) is 13.0 Å². The fourth-order valence-electron chi connectivity index (χ4n) is 4.31. The molecule has 22 heavy (non-hydrogen) atoms. The first-order chi connectivity index (χ1) is 10.7. The van der Waals surface area contributed by atoms with Crippen LogP contribution in [0.25, 0.3) is 6.08 Å². The Kier molecular flexibility index (Phi) is 4.34. The lowest BCUT2D eigenvalue weighted by atomic mass is 9.76. The summed E-state index contributed by atoms with van der Waals surface area (Å²) in [6, 6.07) is 9.58. The number of carbonyl (C=O) groups excluding carboxylic acids is 1. The van der Waals surface area contributed by atoms with Crippen molar-refractivity contribution in [3.05, 3.63) is 41.5 Å². The zero-order valence-corrected chi connectivity index (χ0v) is 13.7. The summed E-state index contributed by atoms with van der Waals surface area (Å²) < 4.78 is 5.13. The molecule has 118 valence electrons. The Balaban J connectivity index is 1.91. The Bertz CT molecular complexity index is 563. The highest BCUT2D eigenvalue weighted by molar-refractivity contribution is 5.75. The quantitative estimate of drug-likeness (QED) is 0.801. The summed E-state index contributed by atoms with van der Waals surface area (Å²) in [7, 11) is 3.67. The van der Waals surface area contributed by atoms with Crippen LogP contribution >= 0.6 is 0 Å². The van der Waals surface area contributed by atoms with Crippen molar-refractivity contribution in [2.75, 3.05) is 14.2 Å². The van der Waals surface area contributed by atoms with E-state index >= 15 is 0 Å². The molecule has 0 spiro atoms. The summed E-state index contributed by atoms with van der Waals surface area (Å²) in [5, 5.41) is 0. The summed E-state index contributed by atoms with van der Waals surface area (Å²) in [5.41, 5.74) is 2.48. The third-order valence-corrected chi connectivity index (χ3v) is 5.47. The maximum Gasteiger partial charge on any atom is 0.310 e. The largest absolute Gasteiger partial charge is 0.469 e. The Morgan fingerprint density at radius 2 is 2.00 bits per heavy atom. The standard InChI is InChI=1S/C19H25NO2/c1-4-5-13-6-8-14(9-7-13)16-12-15-10-11-17(20(15)2)18(16)19(21)22-3/h4-9,15-18H,10-12H2,1-3H3/b5-4-/t15-,16?,17?,18?/m1/s1. The third-order valence-electron chi connectivity index (χ3n) is 5.47. The zero-order valence-electron chi connectivity index (χ0n) is 13.7. The van der Waals surface area contributed by atoms with Crippen LogP contribution in [-0.2, 0) is 9.53 Å². The van der Waals surface area contributed by atoms with Gasteiger partial charge in [-0.1, -0.05) is 36.4 Å². The van der Waals surface area contributed by atoms with Crippen molar-refractivity contribution in [3.8, 4) is 0 Å². The van der Waals surface area contributed by atoms with Crippen LogP contribution in [0, 0.1) is 5.92 Å². The van der Waals surface area contributed by atoms with Crippen molar-refractivity contribution in [2.24, 2.45) is 5.92 Å². The Labute approximate surface area is 133 Å². The first kappa shape index (κ1) is 15.3. The maximum atomic E-state index is 12.4. The molecule has 2 heterocycles. The smallest absolute Gasteiger partial charge is 0.310 e. The number of piperidine rings is 1. The van der Waals surface area contributed by atoms with Crippen LogP contribution in [0.5, 0.6) is 0 Å². The van der Waals surface area contributed by atoms with E-state index in [-0.39, 0.29) is 17.8 Å². The van der Waals surface area contributed by atoms with Crippen molar-refractivity contribution in [1.29, 1.82) is 0 Å². The summed E-state index contributed by atoms with van der Waals surface area (Å²) in [6.07, 6.45) is 7.49. The predicted octanol–water partition coefficient (Wildman–Crippen LogP) is 3.46. The summed E-state index contributed by atoms with van der Waals surface area (Å²) in [6.45, 7) is 2.02. The highest BCUT2D eigenvalue weighted by Crippen LogP contribution is 2.46. The van der Waals surface area contributed by atoms with E-state index in [1.165, 1.54) is 24.7 Å². The van der Waals surface area contributed by atoms with Crippen LogP contribution in [0.15, 0.2) is 30.3 Å². The van der Waals surface area contributed by atoms with Gasteiger partial charge in [-0.25, -0.2) is 0 Å². The minimum absolute atomic E-state index is 0.0404. The fourth-order valence-corrected chi connectivity index (χ4v) is 4.31. The number of hydrogen-bond donors (Lipinski definition) is 0. The molecule has 1 aromatic rings. The topological polar surface area (TPSA) is 29.5 Å². The number of allylic oxidation sites excluding steroid dienone is 1. The van der Waals surface area contributed by atoms with E-state index in [1.54, 1.807) is 0 Å². The molecule has 0 aromatic heterocycles. The maximum absolute atomic E-state index is 12.4. The van der Waals surface area contributed by atoms with E-state index in [2.05, 4.69) is 42.3 Å². The van der Waals surface area contributed by atoms with Crippen molar-refractivity contribution in [3.63, 3.8) is 0 Å². The number of methoxy groups -OCH3 is 1. The lowest BCUT2D eigenvalue weighted by Gasteiger charge is -2.41. The van der Waals surface area contributed by atoms with E-state index in [4.69, 9.17) is 4.74 Å². The molecule has 3 unspecified atom stereocenters. The van der Waals surface area contributed by atoms with Gasteiger partial charge in [0.15, 0.2) is 0 Å². The van der Waals surface area contributed by atoms with Gasteiger partial charge >= 0.3 is 5.97 Å². The van der Waals surface area contributed by atoms with E-state index < -0.39 is 0 Å². The molecule has 4 atom stereocenters. The highest BCUT2D eigenvalue weighted by atomic mass is 16.5. The van der Waals surface area contributed by atoms with Crippen molar-refractivity contribution in [2.45, 2.75) is 44.2 Å². The summed E-state index contributed by atoms with van der Waals surface area (Å²) >= 11 is 0. The van der Waals surface area contributed by atoms with Crippen LogP contribution < -0.4 is 0 Å². The number of nitrogens with zero attached hydrogens (tertiary/aromatic N) is 1. The van der Waals surface area contributed by atoms with Gasteiger partial charge in [0.05, 0.1) is 13.0 Å². The highest BCUT2D eigenvalue weighted by Gasteiger charge is 2.49. The van der Waals surface area contributed by atoms with E-state index in [0.717, 1.165) is 12.8 Å². The molecule has 0 radical (unpaired) electrons. The molecule has 1 aromatic carbocycles. The number of esters is 1. The third kappa shape index (κ3) is 2.58. The van der Waals surface area contributed by atoms with Crippen LogP contribution in [-0.4, -0.2) is 37.1 Å². The zero-order chi connectivity index (χ0) is 15.7. The first-order valence-corrected chi connectivity index (χ1v) is 8.18. The molecule has 3 rings (SSSR count). The molecule has 2 aliphatic heterocycles. The van der Waals surface area contributed by atoms with E-state index in [0.29, 0.717) is 12.1 Å². The molecular formula is C19H25NO2. The van der Waals surface area contributed by atoms with Gasteiger partial charge in [-0.05, 0) is 44.4 Å². The Morgan fingerprint density at radius 1 is 1.27 bits per heavy atom. The second-order valence-electron chi connectivity index (χ2n) is 6.52. The SMILES string of the molecule is C/C=C\c1ccc(C2C[C@H]3CCC(C2C(=O)OC)N3C)cc1. The van der Waals surface area contributed by atoms with Crippen molar-refractivity contribution >= 4 is 12.0 Å². The molecule has 3 nitrogen and oxygen atoms in total. The van der Waals surface area contributed by atoms with Gasteiger partial charge in [0, 0.05) is 18.0 Å². The second kappa shape index (κ2) is 6.25. The Morgan fingerprint density at radius 3 is 2.64 bits per heavy atom. The molecule has 2 saturated heterocycles. The number of rotatable bonds is 3. The van der Waals surface area contributed by atoms with Gasteiger partial charge in [-0.3, -0.25) is 9.69 Å². The van der Waals surface area contributed by atoms with Crippen LogP contribution in [0.3, 0.4) is 0 Å². The van der Waals surface area contributed by atoms with Crippen molar-refractivity contribution in [1.82, 2.24) is 4.90 Å². The van der Waals surface area contributed by atoms with Gasteiger partial charge in [-0.15, -0.1) is 0 Å². The van der Waals surface area contributed by atoms with Gasteiger partial charge in [0.1, 0.15) is 0 Å².